The number of aromatic amines is 4. The van der Waals surface area contributed by atoms with Crippen molar-refractivity contribution >= 4 is 15.6 Å². The molecule has 0 saturated carbocycles. The van der Waals surface area contributed by atoms with Gasteiger partial charge in [0.05, 0.1) is 0 Å². The largest absolute Gasteiger partial charge is 2.00 e. The Labute approximate surface area is 186 Å². The zero-order valence-corrected chi connectivity index (χ0v) is 18.1. The van der Waals surface area contributed by atoms with E-state index in [0.29, 0.717) is 0 Å². The van der Waals surface area contributed by atoms with E-state index in [-0.39, 0.29) is 17.1 Å². The maximum atomic E-state index is 8.77. The summed E-state index contributed by atoms with van der Waals surface area (Å²) < 4.78 is 17.5. The third kappa shape index (κ3) is 58.4. The molecule has 31 heavy (non-hydrogen) atoms. The number of rotatable bonds is 0. The molecule has 0 spiro atoms. The molecule has 0 unspecified atom stereocenters. The minimum absolute atomic E-state index is 0. The van der Waals surface area contributed by atoms with Gasteiger partial charge >= 0.3 is 17.1 Å². The van der Waals surface area contributed by atoms with Crippen LogP contribution in [0.1, 0.15) is 0 Å². The van der Waals surface area contributed by atoms with Gasteiger partial charge in [0.1, 0.15) is 0 Å². The molecule has 0 aliphatic carbocycles. The van der Waals surface area contributed by atoms with Gasteiger partial charge in [0.2, 0.25) is 0 Å². The van der Waals surface area contributed by atoms with Crippen LogP contribution in [-0.4, -0.2) is 60.4 Å². The average molecular weight is 530 g/mol. The number of aromatic nitrogens is 8. The summed E-state index contributed by atoms with van der Waals surface area (Å²) in [6.07, 6.45) is 13.8. The summed E-state index contributed by atoms with van der Waals surface area (Å²) in [4.78, 5) is 45.8. The molecule has 0 fully saturated rings. The first-order valence-electron chi connectivity index (χ1n) is 7.28. The predicted octanol–water partition coefficient (Wildman–Crippen LogP) is -1.48. The number of nitrogens with zero attached hydrogens (tertiary/aromatic N) is 4. The molecule has 4 aromatic heterocycles. The molecule has 0 bridgehead atoms. The van der Waals surface area contributed by atoms with Crippen LogP contribution in [0.25, 0.3) is 0 Å². The molecule has 0 aliphatic heterocycles. The van der Waals surface area contributed by atoms with E-state index in [2.05, 4.69) is 40.8 Å². The molecule has 8 N–H and O–H groups in total. The van der Waals surface area contributed by atoms with E-state index < -0.39 is 15.6 Å². The first-order valence-corrected chi connectivity index (χ1v) is 10.3. The van der Waals surface area contributed by atoms with Crippen LogP contribution in [0, 0.1) is 0 Å². The Morgan fingerprint density at radius 2 is 0.710 bits per heavy atom. The molecule has 16 nitrogen and oxygen atoms in total. The summed E-state index contributed by atoms with van der Waals surface area (Å²) in [5.41, 5.74) is 0. The van der Waals surface area contributed by atoms with Crippen LogP contribution in [0.4, 0.5) is 0 Å². The van der Waals surface area contributed by atoms with Crippen molar-refractivity contribution in [3.05, 3.63) is 73.8 Å². The molecule has 1 radical (unpaired) electrons. The Morgan fingerprint density at radius 1 is 0.548 bits per heavy atom. The summed E-state index contributed by atoms with van der Waals surface area (Å²) in [5.74, 6) is 0. The summed E-state index contributed by atoms with van der Waals surface area (Å²) in [7, 11) is -9.78. The summed E-state index contributed by atoms with van der Waals surface area (Å²) >= 11 is 0. The second-order valence-corrected chi connectivity index (χ2v) is 6.01. The molecular formula is C12H20CuN8O8P2. The molecular weight excluding hydrogens is 510 g/mol. The van der Waals surface area contributed by atoms with Crippen molar-refractivity contribution in [1.82, 2.24) is 40.8 Å². The number of nitrogens with one attached hydrogen (secondary N) is 4. The van der Waals surface area contributed by atoms with Gasteiger partial charge in [-0.2, -0.15) is 20.4 Å². The Balaban J connectivity index is -0.000000302. The molecule has 0 amide bonds. The topological polar surface area (TPSA) is 276 Å². The first kappa shape index (κ1) is 33.2. The number of hydrogen-bond donors (Lipinski definition) is 8. The van der Waals surface area contributed by atoms with Crippen LogP contribution >= 0.6 is 15.6 Å². The third-order valence-corrected chi connectivity index (χ3v) is 1.62. The number of hydrogen-bond acceptors (Lipinski definition) is 8. The minimum atomic E-state index is -4.89. The van der Waals surface area contributed by atoms with E-state index in [4.69, 9.17) is 38.5 Å². The molecule has 4 heterocycles. The van der Waals surface area contributed by atoms with Gasteiger partial charge in [-0.15, -0.1) is 0 Å². The molecule has 19 heteroatoms. The van der Waals surface area contributed by atoms with Gasteiger partial charge in [-0.25, -0.2) is 0 Å². The molecule has 4 aromatic rings. The third-order valence-electron chi connectivity index (χ3n) is 1.62. The van der Waals surface area contributed by atoms with Gasteiger partial charge < -0.3 is 29.4 Å². The molecule has 0 aromatic carbocycles. The van der Waals surface area contributed by atoms with E-state index in [1.165, 1.54) is 0 Å². The molecule has 177 valence electrons. The van der Waals surface area contributed by atoms with Gasteiger partial charge in [-0.05, 0) is 24.3 Å². The maximum Gasteiger partial charge on any atom is 2.00 e. The van der Waals surface area contributed by atoms with Crippen LogP contribution in [0.3, 0.4) is 0 Å². The van der Waals surface area contributed by atoms with Gasteiger partial charge in [0, 0.05) is 49.6 Å². The second-order valence-electron chi connectivity index (χ2n) is 4.05. The monoisotopic (exact) mass is 529 g/mol. The van der Waals surface area contributed by atoms with Gasteiger partial charge in [-0.1, -0.05) is 0 Å². The van der Waals surface area contributed by atoms with Gasteiger partial charge in [0.25, 0.3) is 15.6 Å². The Morgan fingerprint density at radius 3 is 0.742 bits per heavy atom. The van der Waals surface area contributed by atoms with Crippen molar-refractivity contribution in [1.29, 1.82) is 0 Å². The Hall–Kier alpha value is -2.42. The van der Waals surface area contributed by atoms with E-state index in [1.54, 1.807) is 49.6 Å². The quantitative estimate of drug-likeness (QED) is 0.0955. The summed E-state index contributed by atoms with van der Waals surface area (Å²) in [5, 5.41) is 24.8. The summed E-state index contributed by atoms with van der Waals surface area (Å²) in [6.45, 7) is 0. The predicted molar refractivity (Wildman–Crippen MR) is 98.4 cm³/mol. The van der Waals surface area contributed by atoms with Crippen molar-refractivity contribution in [2.45, 2.75) is 0 Å². The van der Waals surface area contributed by atoms with Crippen molar-refractivity contribution in [2.75, 3.05) is 0 Å². The fourth-order valence-electron chi connectivity index (χ4n) is 0.861. The van der Waals surface area contributed by atoms with E-state index in [0.717, 1.165) is 0 Å². The molecule has 0 aliphatic rings. The molecule has 0 saturated heterocycles. The normalized spacial score (nSPS) is 8.97. The Bertz CT molecular complexity index is 627. The Kier molecular flexibility index (Phi) is 23.9. The van der Waals surface area contributed by atoms with Crippen molar-refractivity contribution in [3.8, 4) is 0 Å². The standard InChI is InChI=1S/4C3H4N2.Cu.2H3O4P/c4*1-2-4-5-3-1;;2*1-5(2,3)4/h4*1-3H,(H,4,5);;2*(H3,1,2,3,4)/q;;;;+2;;/p-2. The minimum Gasteiger partial charge on any atom is -0.756 e. The van der Waals surface area contributed by atoms with E-state index in [1.807, 2.05) is 24.3 Å². The van der Waals surface area contributed by atoms with Crippen LogP contribution in [0.15, 0.2) is 73.8 Å². The van der Waals surface area contributed by atoms with Crippen LogP contribution in [-0.2, 0) is 26.2 Å². The average Bonchev–Trinajstić information content (AvgIpc) is 3.51. The zero-order valence-electron chi connectivity index (χ0n) is 15.3. The van der Waals surface area contributed by atoms with Crippen molar-refractivity contribution in [2.24, 2.45) is 0 Å². The van der Waals surface area contributed by atoms with E-state index >= 15 is 0 Å². The maximum absolute atomic E-state index is 8.77. The second kappa shape index (κ2) is 22.3. The van der Waals surface area contributed by atoms with Crippen molar-refractivity contribution in [3.63, 3.8) is 0 Å². The smallest absolute Gasteiger partial charge is 0.756 e. The van der Waals surface area contributed by atoms with Crippen LogP contribution in [0.2, 0.25) is 0 Å². The number of H-pyrrole nitrogens is 4. The zero-order chi connectivity index (χ0) is 23.1. The number of phosphoric acid groups is 2. The van der Waals surface area contributed by atoms with Crippen LogP contribution in [0.5, 0.6) is 0 Å². The molecule has 0 atom stereocenters. The van der Waals surface area contributed by atoms with E-state index in [9.17, 15) is 0 Å². The van der Waals surface area contributed by atoms with Crippen LogP contribution < -0.4 is 9.79 Å². The van der Waals surface area contributed by atoms with Crippen molar-refractivity contribution < 1.29 is 55.6 Å². The summed E-state index contributed by atoms with van der Waals surface area (Å²) in [6, 6.07) is 7.33. The molecule has 4 rings (SSSR count). The fourth-order valence-corrected chi connectivity index (χ4v) is 0.861. The SMILES string of the molecule is O=P([O-])(O)O.O=P([O-])(O)O.[Cu+2].c1cn[nH]c1.c1cn[nH]c1.c1cn[nH]c1.c1cn[nH]c1. The van der Waals surface area contributed by atoms with Gasteiger partial charge in [-0.3, -0.25) is 29.5 Å². The fraction of sp³-hybridized carbons (Fsp3) is 0. The first-order chi connectivity index (χ1) is 14.0. The van der Waals surface area contributed by atoms with Gasteiger partial charge in [0.15, 0.2) is 0 Å².